The molecule has 0 bridgehead atoms. The Morgan fingerprint density at radius 1 is 1.32 bits per heavy atom. The number of likely N-dealkylation sites (tertiary alicyclic amines) is 1. The molecule has 1 heterocycles. The van der Waals surface area contributed by atoms with Gasteiger partial charge in [0, 0.05) is 24.9 Å². The molecular formula is C13H23F3N2S. The van der Waals surface area contributed by atoms with Crippen LogP contribution < -0.4 is 5.32 Å². The number of alkyl halides is 3. The molecule has 0 aromatic carbocycles. The van der Waals surface area contributed by atoms with E-state index in [1.54, 1.807) is 0 Å². The molecule has 1 rings (SSSR count). The number of hydrogen-bond acceptors (Lipinski definition) is 3. The minimum absolute atomic E-state index is 0.0533. The lowest BCUT2D eigenvalue weighted by Gasteiger charge is -2.31. The topological polar surface area (TPSA) is 15.3 Å². The van der Waals surface area contributed by atoms with Gasteiger partial charge in [-0.2, -0.15) is 13.2 Å². The van der Waals surface area contributed by atoms with Crippen molar-refractivity contribution in [1.29, 1.82) is 0 Å². The maximum absolute atomic E-state index is 11.9. The number of piperidine rings is 1. The molecule has 1 aliphatic rings. The molecule has 0 aromatic heterocycles. The lowest BCUT2D eigenvalue weighted by Crippen LogP contribution is -2.43. The van der Waals surface area contributed by atoms with E-state index >= 15 is 0 Å². The summed E-state index contributed by atoms with van der Waals surface area (Å²) in [5, 5.41) is 3.22. The van der Waals surface area contributed by atoms with Gasteiger partial charge in [0.25, 0.3) is 0 Å². The second-order valence-electron chi connectivity index (χ2n) is 5.10. The van der Waals surface area contributed by atoms with E-state index in [1.165, 1.54) is 5.57 Å². The Morgan fingerprint density at radius 2 is 1.95 bits per heavy atom. The molecule has 0 unspecified atom stereocenters. The van der Waals surface area contributed by atoms with Gasteiger partial charge in [0.15, 0.2) is 0 Å². The Balaban J connectivity index is 2.08. The van der Waals surface area contributed by atoms with Crippen molar-refractivity contribution in [2.24, 2.45) is 0 Å². The van der Waals surface area contributed by atoms with E-state index in [4.69, 9.17) is 0 Å². The smallest absolute Gasteiger partial charge is 0.313 e. The second kappa shape index (κ2) is 8.17. The zero-order valence-corrected chi connectivity index (χ0v) is 12.4. The van der Waals surface area contributed by atoms with Crippen LogP contribution in [0.3, 0.4) is 0 Å². The van der Waals surface area contributed by atoms with Crippen LogP contribution in [0.25, 0.3) is 0 Å². The van der Waals surface area contributed by atoms with Crippen LogP contribution in [0, 0.1) is 0 Å². The van der Waals surface area contributed by atoms with Gasteiger partial charge in [0.1, 0.15) is 0 Å². The molecule has 1 N–H and O–H groups in total. The molecule has 1 fully saturated rings. The first-order valence-corrected chi connectivity index (χ1v) is 7.65. The number of allylic oxidation sites excluding steroid dienone is 1. The first-order chi connectivity index (χ1) is 8.87. The third-order valence-electron chi connectivity index (χ3n) is 3.15. The predicted molar refractivity (Wildman–Crippen MR) is 75.4 cm³/mol. The zero-order chi connectivity index (χ0) is 14.3. The van der Waals surface area contributed by atoms with E-state index in [2.05, 4.69) is 30.1 Å². The molecule has 19 heavy (non-hydrogen) atoms. The number of rotatable bonds is 6. The van der Waals surface area contributed by atoms with Crippen LogP contribution >= 0.6 is 11.8 Å². The van der Waals surface area contributed by atoms with E-state index in [-0.39, 0.29) is 17.5 Å². The molecule has 112 valence electrons. The van der Waals surface area contributed by atoms with Gasteiger partial charge >= 0.3 is 5.51 Å². The van der Waals surface area contributed by atoms with Gasteiger partial charge in [-0.15, -0.1) is 0 Å². The van der Waals surface area contributed by atoms with Crippen LogP contribution in [0.15, 0.2) is 11.6 Å². The summed E-state index contributed by atoms with van der Waals surface area (Å²) in [5.41, 5.74) is -2.78. The molecule has 0 aromatic rings. The van der Waals surface area contributed by atoms with Gasteiger partial charge in [-0.05, 0) is 51.5 Å². The van der Waals surface area contributed by atoms with Crippen LogP contribution in [0.5, 0.6) is 0 Å². The van der Waals surface area contributed by atoms with E-state index in [0.29, 0.717) is 12.6 Å². The number of nitrogens with one attached hydrogen (secondary N) is 1. The Hall–Kier alpha value is -0.200. The van der Waals surface area contributed by atoms with Crippen LogP contribution in [0.4, 0.5) is 13.2 Å². The monoisotopic (exact) mass is 296 g/mol. The van der Waals surface area contributed by atoms with Crippen molar-refractivity contribution in [3.63, 3.8) is 0 Å². The minimum Gasteiger partial charge on any atom is -0.313 e. The molecule has 0 saturated carbocycles. The van der Waals surface area contributed by atoms with Gasteiger partial charge in [-0.3, -0.25) is 4.90 Å². The maximum atomic E-state index is 11.9. The second-order valence-corrected chi connectivity index (χ2v) is 6.26. The first-order valence-electron chi connectivity index (χ1n) is 6.66. The van der Waals surface area contributed by atoms with E-state index < -0.39 is 5.51 Å². The Labute approximate surface area is 117 Å². The van der Waals surface area contributed by atoms with Gasteiger partial charge < -0.3 is 5.32 Å². The van der Waals surface area contributed by atoms with E-state index in [9.17, 15) is 13.2 Å². The summed E-state index contributed by atoms with van der Waals surface area (Å²) in [6, 6.07) is 0.372. The van der Waals surface area contributed by atoms with E-state index in [0.717, 1.165) is 32.5 Å². The van der Waals surface area contributed by atoms with Crippen molar-refractivity contribution in [3.8, 4) is 0 Å². The fourth-order valence-corrected chi connectivity index (χ4v) is 2.51. The van der Waals surface area contributed by atoms with Gasteiger partial charge in [0.05, 0.1) is 0 Å². The summed E-state index contributed by atoms with van der Waals surface area (Å²) in [5.74, 6) is 0.0987. The molecule has 0 amide bonds. The van der Waals surface area contributed by atoms with E-state index in [1.807, 2.05) is 0 Å². The molecule has 1 aliphatic heterocycles. The summed E-state index contributed by atoms with van der Waals surface area (Å²) < 4.78 is 35.8. The van der Waals surface area contributed by atoms with Crippen molar-refractivity contribution < 1.29 is 13.2 Å². The number of halogens is 3. The Morgan fingerprint density at radius 3 is 2.47 bits per heavy atom. The lowest BCUT2D eigenvalue weighted by molar-refractivity contribution is -0.0327. The highest BCUT2D eigenvalue weighted by molar-refractivity contribution is 8.00. The molecule has 0 spiro atoms. The molecule has 2 nitrogen and oxygen atoms in total. The summed E-state index contributed by atoms with van der Waals surface area (Å²) in [6.45, 7) is 7.64. The molecule has 0 aliphatic carbocycles. The van der Waals surface area contributed by atoms with Crippen LogP contribution in [0.2, 0.25) is 0 Å². The first kappa shape index (κ1) is 16.9. The fourth-order valence-electron chi connectivity index (χ4n) is 2.06. The standard InChI is InChI=1S/C13H23F3N2S/c1-11(2)3-7-18-8-4-12(5-9-18)17-6-10-19-13(14,15)16/h3,12,17H,4-10H2,1-2H3. The highest BCUT2D eigenvalue weighted by atomic mass is 32.2. The van der Waals surface area contributed by atoms with Crippen molar-refractivity contribution in [1.82, 2.24) is 10.2 Å². The average Bonchev–Trinajstić information content (AvgIpc) is 2.32. The highest BCUT2D eigenvalue weighted by Gasteiger charge is 2.27. The Bertz CT molecular complexity index is 280. The van der Waals surface area contributed by atoms with Gasteiger partial charge in [-0.25, -0.2) is 0 Å². The normalized spacial score (nSPS) is 18.6. The lowest BCUT2D eigenvalue weighted by atomic mass is 10.1. The maximum Gasteiger partial charge on any atom is 0.441 e. The summed E-state index contributed by atoms with van der Waals surface area (Å²) in [7, 11) is 0. The minimum atomic E-state index is -4.10. The highest BCUT2D eigenvalue weighted by Crippen LogP contribution is 2.29. The molecular weight excluding hydrogens is 273 g/mol. The average molecular weight is 296 g/mol. The molecule has 1 saturated heterocycles. The van der Waals surface area contributed by atoms with Crippen LogP contribution in [-0.4, -0.2) is 48.4 Å². The molecule has 6 heteroatoms. The number of hydrogen-bond donors (Lipinski definition) is 1. The van der Waals surface area contributed by atoms with Crippen molar-refractivity contribution in [2.45, 2.75) is 38.2 Å². The summed E-state index contributed by atoms with van der Waals surface area (Å²) in [4.78, 5) is 2.38. The van der Waals surface area contributed by atoms with Gasteiger partial charge in [-0.1, -0.05) is 11.6 Å². The summed E-state index contributed by atoms with van der Waals surface area (Å²) >= 11 is 0.0533. The third kappa shape index (κ3) is 8.55. The van der Waals surface area contributed by atoms with Crippen LogP contribution in [-0.2, 0) is 0 Å². The number of thioether (sulfide) groups is 1. The van der Waals surface area contributed by atoms with Crippen molar-refractivity contribution >= 4 is 11.8 Å². The van der Waals surface area contributed by atoms with Gasteiger partial charge in [0.2, 0.25) is 0 Å². The number of nitrogens with zero attached hydrogens (tertiary/aromatic N) is 1. The molecule has 0 atom stereocenters. The predicted octanol–water partition coefficient (Wildman–Crippen LogP) is 3.26. The largest absolute Gasteiger partial charge is 0.441 e. The SMILES string of the molecule is CC(C)=CCN1CCC(NCCSC(F)(F)F)CC1. The molecule has 0 radical (unpaired) electrons. The van der Waals surface area contributed by atoms with Crippen molar-refractivity contribution in [3.05, 3.63) is 11.6 Å². The third-order valence-corrected chi connectivity index (χ3v) is 3.88. The summed E-state index contributed by atoms with van der Waals surface area (Å²) in [6.07, 6.45) is 4.26. The zero-order valence-electron chi connectivity index (χ0n) is 11.6. The fraction of sp³-hybridized carbons (Fsp3) is 0.846. The Kier molecular flexibility index (Phi) is 7.25. The van der Waals surface area contributed by atoms with Crippen LogP contribution in [0.1, 0.15) is 26.7 Å². The quantitative estimate of drug-likeness (QED) is 0.598. The van der Waals surface area contributed by atoms with Crippen molar-refractivity contribution in [2.75, 3.05) is 31.9 Å².